The maximum Gasteiger partial charge on any atom is 0.349 e. The van der Waals surface area contributed by atoms with Gasteiger partial charge < -0.3 is 15.1 Å². The highest BCUT2D eigenvalue weighted by Crippen LogP contribution is 2.12. The summed E-state index contributed by atoms with van der Waals surface area (Å²) in [5.74, 6) is 0.0860. The summed E-state index contributed by atoms with van der Waals surface area (Å²) in [6, 6.07) is 8.72. The molecule has 2 aromatic rings. The number of halogens is 1. The minimum absolute atomic E-state index is 0. The second-order valence-electron chi connectivity index (χ2n) is 4.72. The highest BCUT2D eigenvalue weighted by Gasteiger charge is 2.19. The Hall–Kier alpha value is -1.85. The van der Waals surface area contributed by atoms with Crippen molar-refractivity contribution in [3.63, 3.8) is 0 Å². The Morgan fingerprint density at radius 1 is 1.35 bits per heavy atom. The molecule has 106 valence electrons. The van der Waals surface area contributed by atoms with Gasteiger partial charge in [0.25, 0.3) is 5.91 Å². The van der Waals surface area contributed by atoms with E-state index >= 15 is 0 Å². The number of rotatable bonds is 3. The normalized spacial score (nSPS) is 14.4. The fourth-order valence-electron chi connectivity index (χ4n) is 2.05. The van der Waals surface area contributed by atoms with E-state index in [1.54, 1.807) is 18.2 Å². The zero-order chi connectivity index (χ0) is 13.2. The van der Waals surface area contributed by atoms with E-state index < -0.39 is 5.63 Å². The van der Waals surface area contributed by atoms with E-state index in [1.165, 1.54) is 0 Å². The molecule has 0 aliphatic carbocycles. The zero-order valence-corrected chi connectivity index (χ0v) is 11.5. The van der Waals surface area contributed by atoms with Crippen molar-refractivity contribution in [1.29, 1.82) is 0 Å². The molecule has 1 aromatic carbocycles. The van der Waals surface area contributed by atoms with Crippen molar-refractivity contribution < 1.29 is 9.21 Å². The van der Waals surface area contributed by atoms with Crippen molar-refractivity contribution >= 4 is 29.3 Å². The lowest BCUT2D eigenvalue weighted by Crippen LogP contribution is -2.48. The first-order valence-corrected chi connectivity index (χ1v) is 6.26. The zero-order valence-electron chi connectivity index (χ0n) is 10.7. The molecule has 5 nitrogen and oxygen atoms in total. The van der Waals surface area contributed by atoms with Gasteiger partial charge in [0, 0.05) is 30.9 Å². The van der Waals surface area contributed by atoms with Crippen LogP contribution in [0.5, 0.6) is 0 Å². The summed E-state index contributed by atoms with van der Waals surface area (Å²) in [5.41, 5.74) is -0.0406. The van der Waals surface area contributed by atoms with E-state index in [1.807, 2.05) is 12.1 Å². The molecule has 1 amide bonds. The Labute approximate surface area is 121 Å². The van der Waals surface area contributed by atoms with Gasteiger partial charge in [-0.2, -0.15) is 0 Å². The van der Waals surface area contributed by atoms with E-state index in [0.29, 0.717) is 18.0 Å². The maximum absolute atomic E-state index is 12.0. The van der Waals surface area contributed by atoms with Crippen LogP contribution < -0.4 is 16.3 Å². The highest BCUT2D eigenvalue weighted by molar-refractivity contribution is 5.96. The third-order valence-electron chi connectivity index (χ3n) is 3.30. The molecule has 3 rings (SSSR count). The van der Waals surface area contributed by atoms with E-state index in [-0.39, 0.29) is 23.9 Å². The van der Waals surface area contributed by atoms with Crippen molar-refractivity contribution in [3.05, 3.63) is 46.3 Å². The summed E-state index contributed by atoms with van der Waals surface area (Å²) in [6.07, 6.45) is 0. The van der Waals surface area contributed by atoms with E-state index in [0.717, 1.165) is 18.5 Å². The van der Waals surface area contributed by atoms with Crippen LogP contribution in [-0.2, 0) is 0 Å². The van der Waals surface area contributed by atoms with Crippen molar-refractivity contribution in [2.75, 3.05) is 19.6 Å². The quantitative estimate of drug-likeness (QED) is 0.834. The fraction of sp³-hybridized carbons (Fsp3) is 0.286. The van der Waals surface area contributed by atoms with Crippen LogP contribution in [0.1, 0.15) is 10.4 Å². The smallest absolute Gasteiger partial charge is 0.349 e. The van der Waals surface area contributed by atoms with Gasteiger partial charge in [0.15, 0.2) is 0 Å². The summed E-state index contributed by atoms with van der Waals surface area (Å²) in [4.78, 5) is 23.7. The summed E-state index contributed by atoms with van der Waals surface area (Å²) in [7, 11) is 0. The van der Waals surface area contributed by atoms with Gasteiger partial charge in [0.1, 0.15) is 11.1 Å². The maximum atomic E-state index is 12.0. The van der Waals surface area contributed by atoms with Crippen LogP contribution in [0, 0.1) is 5.92 Å². The Bertz CT molecular complexity index is 679. The summed E-state index contributed by atoms with van der Waals surface area (Å²) in [5, 5.41) is 6.64. The molecular weight excluding hydrogens is 280 g/mol. The lowest BCUT2D eigenvalue weighted by Gasteiger charge is -2.26. The number of amides is 1. The van der Waals surface area contributed by atoms with Gasteiger partial charge in [-0.25, -0.2) is 4.79 Å². The molecule has 0 atom stereocenters. The largest absolute Gasteiger partial charge is 0.422 e. The second kappa shape index (κ2) is 6.07. The molecule has 20 heavy (non-hydrogen) atoms. The van der Waals surface area contributed by atoms with Crippen LogP contribution in [0.2, 0.25) is 0 Å². The molecule has 1 aliphatic rings. The molecule has 0 spiro atoms. The minimum atomic E-state index is -0.595. The number of carbonyl (C=O) groups is 1. The van der Waals surface area contributed by atoms with Crippen LogP contribution in [0.3, 0.4) is 0 Å². The molecule has 1 aliphatic heterocycles. The monoisotopic (exact) mass is 294 g/mol. The first-order chi connectivity index (χ1) is 9.24. The third kappa shape index (κ3) is 2.84. The van der Waals surface area contributed by atoms with Crippen molar-refractivity contribution in [2.24, 2.45) is 5.92 Å². The number of hydrogen-bond acceptors (Lipinski definition) is 4. The topological polar surface area (TPSA) is 71.3 Å². The predicted molar refractivity (Wildman–Crippen MR) is 78.4 cm³/mol. The Morgan fingerprint density at radius 3 is 2.80 bits per heavy atom. The minimum Gasteiger partial charge on any atom is -0.422 e. The SMILES string of the molecule is Cl.O=C(NCC1CNC1)c1cc2ccccc2oc1=O. The average Bonchev–Trinajstić information content (AvgIpc) is 2.36. The van der Waals surface area contributed by atoms with Gasteiger partial charge in [-0.1, -0.05) is 18.2 Å². The van der Waals surface area contributed by atoms with Crippen molar-refractivity contribution in [1.82, 2.24) is 10.6 Å². The van der Waals surface area contributed by atoms with Gasteiger partial charge in [0.05, 0.1) is 0 Å². The number of nitrogens with one attached hydrogen (secondary N) is 2. The Kier molecular flexibility index (Phi) is 4.42. The standard InChI is InChI=1S/C14H14N2O3.ClH/c17-13(16-8-9-6-15-7-9)11-5-10-3-1-2-4-12(10)19-14(11)18;/h1-5,9,15H,6-8H2,(H,16,17);1H. The third-order valence-corrected chi connectivity index (χ3v) is 3.30. The Morgan fingerprint density at radius 2 is 2.10 bits per heavy atom. The number of hydrogen-bond donors (Lipinski definition) is 2. The molecule has 1 saturated heterocycles. The number of carbonyl (C=O) groups excluding carboxylic acids is 1. The van der Waals surface area contributed by atoms with Crippen molar-refractivity contribution in [3.8, 4) is 0 Å². The average molecular weight is 295 g/mol. The van der Waals surface area contributed by atoms with E-state index in [9.17, 15) is 9.59 Å². The van der Waals surface area contributed by atoms with Crippen LogP contribution in [0.25, 0.3) is 11.0 Å². The fourth-order valence-corrected chi connectivity index (χ4v) is 2.05. The molecule has 0 unspecified atom stereocenters. The van der Waals surface area contributed by atoms with Gasteiger partial charge >= 0.3 is 5.63 Å². The van der Waals surface area contributed by atoms with Gasteiger partial charge in [0.2, 0.25) is 0 Å². The van der Waals surface area contributed by atoms with Gasteiger partial charge in [-0.05, 0) is 12.1 Å². The number of fused-ring (bicyclic) bond motifs is 1. The number of benzene rings is 1. The van der Waals surface area contributed by atoms with Crippen molar-refractivity contribution in [2.45, 2.75) is 0 Å². The first kappa shape index (κ1) is 14.6. The summed E-state index contributed by atoms with van der Waals surface area (Å²) in [6.45, 7) is 2.40. The molecule has 6 heteroatoms. The van der Waals surface area contributed by atoms with Crippen LogP contribution >= 0.6 is 12.4 Å². The molecular formula is C14H15ClN2O3. The lowest BCUT2D eigenvalue weighted by atomic mass is 10.0. The van der Waals surface area contributed by atoms with Crippen LogP contribution in [0.15, 0.2) is 39.5 Å². The van der Waals surface area contributed by atoms with E-state index in [2.05, 4.69) is 10.6 Å². The van der Waals surface area contributed by atoms with E-state index in [4.69, 9.17) is 4.42 Å². The number of para-hydroxylation sites is 1. The molecule has 0 bridgehead atoms. The molecule has 0 saturated carbocycles. The molecule has 0 radical (unpaired) electrons. The summed E-state index contributed by atoms with van der Waals surface area (Å²) >= 11 is 0. The molecule has 2 heterocycles. The highest BCUT2D eigenvalue weighted by atomic mass is 35.5. The lowest BCUT2D eigenvalue weighted by molar-refractivity contribution is 0.0938. The van der Waals surface area contributed by atoms with Crippen LogP contribution in [-0.4, -0.2) is 25.5 Å². The summed E-state index contributed by atoms with van der Waals surface area (Å²) < 4.78 is 5.13. The Balaban J connectivity index is 0.00000147. The molecule has 1 aromatic heterocycles. The van der Waals surface area contributed by atoms with Gasteiger partial charge in [-0.3, -0.25) is 4.79 Å². The molecule has 2 N–H and O–H groups in total. The second-order valence-corrected chi connectivity index (χ2v) is 4.72. The molecule has 1 fully saturated rings. The predicted octanol–water partition coefficient (Wildman–Crippen LogP) is 1.16. The van der Waals surface area contributed by atoms with Gasteiger partial charge in [-0.15, -0.1) is 12.4 Å². The van der Waals surface area contributed by atoms with Crippen LogP contribution in [0.4, 0.5) is 0 Å². The first-order valence-electron chi connectivity index (χ1n) is 6.26.